The molecule has 0 aromatic carbocycles. The van der Waals surface area contributed by atoms with Crippen LogP contribution >= 0.6 is 24.8 Å². The molecular formula is C13H22Cl2N2O. The Kier molecular flexibility index (Phi) is 5.99. The van der Waals surface area contributed by atoms with Crippen LogP contribution in [0.15, 0.2) is 16.5 Å². The molecule has 0 bridgehead atoms. The third kappa shape index (κ3) is 3.41. The van der Waals surface area contributed by atoms with Gasteiger partial charge >= 0.3 is 0 Å². The van der Waals surface area contributed by atoms with Gasteiger partial charge in [-0.15, -0.1) is 24.8 Å². The highest BCUT2D eigenvalue weighted by Crippen LogP contribution is 2.44. The van der Waals surface area contributed by atoms with Gasteiger partial charge < -0.3 is 9.73 Å². The average molecular weight is 293 g/mol. The van der Waals surface area contributed by atoms with Gasteiger partial charge in [-0.3, -0.25) is 4.90 Å². The van der Waals surface area contributed by atoms with E-state index < -0.39 is 0 Å². The number of furan rings is 1. The van der Waals surface area contributed by atoms with E-state index in [1.807, 2.05) is 6.92 Å². The lowest BCUT2D eigenvalue weighted by Crippen LogP contribution is -2.45. The highest BCUT2D eigenvalue weighted by Gasteiger charge is 2.38. The standard InChI is InChI=1S/C13H20N2O.2ClH/c1-10-2-5-12(16-10)13(11-3-4-11)15-8-6-14-7-9-15;;/h2,5,11,13-14H,3-4,6-9H2,1H3;2*1H/t13-;;/m0../s1. The molecule has 2 heterocycles. The summed E-state index contributed by atoms with van der Waals surface area (Å²) in [5, 5.41) is 3.41. The Hall–Kier alpha value is -0.220. The second-order valence-electron chi connectivity index (χ2n) is 5.02. The van der Waals surface area contributed by atoms with Crippen LogP contribution < -0.4 is 5.32 Å². The molecule has 1 aromatic rings. The fraction of sp³-hybridized carbons (Fsp3) is 0.692. The summed E-state index contributed by atoms with van der Waals surface area (Å²) in [5.74, 6) is 3.06. The summed E-state index contributed by atoms with van der Waals surface area (Å²) in [7, 11) is 0. The van der Waals surface area contributed by atoms with Crippen molar-refractivity contribution in [2.24, 2.45) is 5.92 Å². The first-order valence-electron chi connectivity index (χ1n) is 6.36. The molecule has 0 amide bonds. The molecule has 1 aromatic heterocycles. The molecule has 1 aliphatic heterocycles. The van der Waals surface area contributed by atoms with Crippen molar-refractivity contribution in [3.05, 3.63) is 23.7 Å². The minimum absolute atomic E-state index is 0. The van der Waals surface area contributed by atoms with Gasteiger partial charge in [0.1, 0.15) is 11.5 Å². The van der Waals surface area contributed by atoms with E-state index in [0.29, 0.717) is 6.04 Å². The Bertz CT molecular complexity index is 360. The first-order chi connectivity index (χ1) is 7.84. The van der Waals surface area contributed by atoms with Crippen LogP contribution in [0.1, 0.15) is 30.4 Å². The molecule has 18 heavy (non-hydrogen) atoms. The van der Waals surface area contributed by atoms with Crippen LogP contribution in [-0.4, -0.2) is 31.1 Å². The van der Waals surface area contributed by atoms with E-state index in [4.69, 9.17) is 4.42 Å². The summed E-state index contributed by atoms with van der Waals surface area (Å²) in [5.41, 5.74) is 0. The number of halogens is 2. The summed E-state index contributed by atoms with van der Waals surface area (Å²) in [6.45, 7) is 6.57. The molecule has 2 aliphatic rings. The zero-order valence-corrected chi connectivity index (χ0v) is 12.4. The fourth-order valence-corrected chi connectivity index (χ4v) is 2.70. The van der Waals surface area contributed by atoms with Crippen molar-refractivity contribution in [1.29, 1.82) is 0 Å². The maximum Gasteiger partial charge on any atom is 0.121 e. The number of hydrogen-bond donors (Lipinski definition) is 1. The van der Waals surface area contributed by atoms with E-state index in [1.54, 1.807) is 0 Å². The second-order valence-corrected chi connectivity index (χ2v) is 5.02. The van der Waals surface area contributed by atoms with Crippen molar-refractivity contribution in [1.82, 2.24) is 10.2 Å². The lowest BCUT2D eigenvalue weighted by atomic mass is 10.1. The van der Waals surface area contributed by atoms with E-state index in [-0.39, 0.29) is 24.8 Å². The molecule has 0 spiro atoms. The summed E-state index contributed by atoms with van der Waals surface area (Å²) in [4.78, 5) is 2.59. The van der Waals surface area contributed by atoms with Crippen molar-refractivity contribution in [3.63, 3.8) is 0 Å². The monoisotopic (exact) mass is 292 g/mol. The van der Waals surface area contributed by atoms with Gasteiger partial charge in [0.05, 0.1) is 6.04 Å². The second kappa shape index (κ2) is 6.80. The molecule has 0 unspecified atom stereocenters. The molecule has 3 nitrogen and oxygen atoms in total. The van der Waals surface area contributed by atoms with Crippen LogP contribution in [0.2, 0.25) is 0 Å². The Labute approximate surface area is 121 Å². The summed E-state index contributed by atoms with van der Waals surface area (Å²) in [6.07, 6.45) is 2.74. The molecule has 1 saturated carbocycles. The third-order valence-corrected chi connectivity index (χ3v) is 3.67. The van der Waals surface area contributed by atoms with Crippen LogP contribution in [0.5, 0.6) is 0 Å². The van der Waals surface area contributed by atoms with Gasteiger partial charge in [0.25, 0.3) is 0 Å². The highest BCUT2D eigenvalue weighted by atomic mass is 35.5. The Morgan fingerprint density at radius 3 is 2.39 bits per heavy atom. The number of piperazine rings is 1. The highest BCUT2D eigenvalue weighted by molar-refractivity contribution is 5.85. The van der Waals surface area contributed by atoms with Gasteiger partial charge in [0.2, 0.25) is 0 Å². The van der Waals surface area contributed by atoms with E-state index in [2.05, 4.69) is 22.3 Å². The van der Waals surface area contributed by atoms with Gasteiger partial charge in [0.15, 0.2) is 0 Å². The van der Waals surface area contributed by atoms with E-state index in [0.717, 1.165) is 37.9 Å². The van der Waals surface area contributed by atoms with Crippen LogP contribution in [0.25, 0.3) is 0 Å². The third-order valence-electron chi connectivity index (χ3n) is 3.67. The van der Waals surface area contributed by atoms with Crippen LogP contribution in [0.3, 0.4) is 0 Å². The minimum atomic E-state index is 0. The summed E-state index contributed by atoms with van der Waals surface area (Å²) < 4.78 is 5.84. The number of nitrogens with one attached hydrogen (secondary N) is 1. The van der Waals surface area contributed by atoms with Gasteiger partial charge in [-0.1, -0.05) is 0 Å². The summed E-state index contributed by atoms with van der Waals surface area (Å²) >= 11 is 0. The van der Waals surface area contributed by atoms with Gasteiger partial charge in [-0.05, 0) is 37.8 Å². The van der Waals surface area contributed by atoms with Crippen molar-refractivity contribution < 1.29 is 4.42 Å². The van der Waals surface area contributed by atoms with Crippen molar-refractivity contribution in [3.8, 4) is 0 Å². The SMILES string of the molecule is Cc1ccc([C@H](C2CC2)N2CCNCC2)o1.Cl.Cl. The molecule has 1 atom stereocenters. The lowest BCUT2D eigenvalue weighted by Gasteiger charge is -2.34. The molecule has 104 valence electrons. The van der Waals surface area contributed by atoms with Gasteiger partial charge in [-0.25, -0.2) is 0 Å². The minimum Gasteiger partial charge on any atom is -0.465 e. The molecule has 3 rings (SSSR count). The van der Waals surface area contributed by atoms with Gasteiger partial charge in [-0.2, -0.15) is 0 Å². The maximum atomic E-state index is 5.84. The smallest absolute Gasteiger partial charge is 0.121 e. The average Bonchev–Trinajstić information content (AvgIpc) is 3.04. The molecular weight excluding hydrogens is 271 g/mol. The molecule has 5 heteroatoms. The summed E-state index contributed by atoms with van der Waals surface area (Å²) in [6, 6.07) is 4.79. The van der Waals surface area contributed by atoms with Crippen molar-refractivity contribution in [2.45, 2.75) is 25.8 Å². The van der Waals surface area contributed by atoms with Crippen LogP contribution in [0, 0.1) is 12.8 Å². The topological polar surface area (TPSA) is 28.4 Å². The largest absolute Gasteiger partial charge is 0.465 e. The van der Waals surface area contributed by atoms with Gasteiger partial charge in [0, 0.05) is 26.2 Å². The maximum absolute atomic E-state index is 5.84. The zero-order chi connectivity index (χ0) is 11.0. The number of hydrogen-bond acceptors (Lipinski definition) is 3. The Morgan fingerprint density at radius 1 is 1.22 bits per heavy atom. The fourth-order valence-electron chi connectivity index (χ4n) is 2.70. The molecule has 1 aliphatic carbocycles. The number of nitrogens with zero attached hydrogens (tertiary/aromatic N) is 1. The predicted molar refractivity (Wildman–Crippen MR) is 77.8 cm³/mol. The Morgan fingerprint density at radius 2 is 1.89 bits per heavy atom. The van der Waals surface area contributed by atoms with Crippen LogP contribution in [-0.2, 0) is 0 Å². The zero-order valence-electron chi connectivity index (χ0n) is 10.7. The molecule has 1 saturated heterocycles. The van der Waals surface area contributed by atoms with E-state index >= 15 is 0 Å². The first kappa shape index (κ1) is 15.8. The van der Waals surface area contributed by atoms with E-state index in [1.165, 1.54) is 18.6 Å². The molecule has 0 radical (unpaired) electrons. The normalized spacial score (nSPS) is 21.8. The van der Waals surface area contributed by atoms with Crippen LogP contribution in [0.4, 0.5) is 0 Å². The van der Waals surface area contributed by atoms with Crippen molar-refractivity contribution in [2.75, 3.05) is 26.2 Å². The first-order valence-corrected chi connectivity index (χ1v) is 6.36. The number of rotatable bonds is 3. The van der Waals surface area contributed by atoms with Crippen molar-refractivity contribution >= 4 is 24.8 Å². The lowest BCUT2D eigenvalue weighted by molar-refractivity contribution is 0.136. The molecule has 2 fully saturated rings. The van der Waals surface area contributed by atoms with E-state index in [9.17, 15) is 0 Å². The molecule has 1 N–H and O–H groups in total. The number of aryl methyl sites for hydroxylation is 1. The Balaban J connectivity index is 0.000000810. The predicted octanol–water partition coefficient (Wildman–Crippen LogP) is 2.79. The quantitative estimate of drug-likeness (QED) is 0.929.